The van der Waals surface area contributed by atoms with Gasteiger partial charge in [0.05, 0.1) is 17.2 Å². The van der Waals surface area contributed by atoms with Crippen molar-refractivity contribution in [2.75, 3.05) is 12.0 Å². The second-order valence-corrected chi connectivity index (χ2v) is 4.35. The van der Waals surface area contributed by atoms with Crippen LogP contribution in [-0.4, -0.2) is 17.6 Å². The molecule has 0 aromatic heterocycles. The lowest BCUT2D eigenvalue weighted by Gasteiger charge is -2.09. The molecule has 0 saturated heterocycles. The number of carbonyl (C=O) groups excluding carboxylic acids is 1. The van der Waals surface area contributed by atoms with Crippen molar-refractivity contribution < 1.29 is 14.5 Å². The highest BCUT2D eigenvalue weighted by Gasteiger charge is 2.05. The van der Waals surface area contributed by atoms with Gasteiger partial charge in [0, 0.05) is 12.1 Å². The largest absolute Gasteiger partial charge is 0.449 e. The third-order valence-electron chi connectivity index (χ3n) is 2.88. The number of nitrogens with zero attached hydrogens (tertiary/aromatic N) is 1. The third kappa shape index (κ3) is 3.95. The monoisotopic (exact) mass is 301 g/mol. The van der Waals surface area contributed by atoms with Gasteiger partial charge in [-0.1, -0.05) is 12.1 Å². The first-order chi connectivity index (χ1) is 10.6. The molecular formula is C15H15N3O4. The molecule has 2 aromatic carbocycles. The van der Waals surface area contributed by atoms with Gasteiger partial charge in [-0.2, -0.15) is 0 Å². The molecule has 0 aliphatic carbocycles. The van der Waals surface area contributed by atoms with E-state index in [1.807, 2.05) is 12.1 Å². The van der Waals surface area contributed by atoms with Crippen LogP contribution < -0.4 is 10.9 Å². The minimum atomic E-state index is -0.554. The molecule has 0 heterocycles. The molecule has 0 aliphatic heterocycles. The summed E-state index contributed by atoms with van der Waals surface area (Å²) in [6, 6.07) is 13.6. The molecule has 0 unspecified atom stereocenters. The van der Waals surface area contributed by atoms with Gasteiger partial charge in [0.2, 0.25) is 0 Å². The number of ether oxygens (including phenoxy) is 1. The van der Waals surface area contributed by atoms with Gasteiger partial charge in [-0.25, -0.2) is 10.2 Å². The Morgan fingerprint density at radius 3 is 2.14 bits per heavy atom. The Bertz CT molecular complexity index is 653. The predicted molar refractivity (Wildman–Crippen MR) is 82.3 cm³/mol. The zero-order chi connectivity index (χ0) is 15.9. The van der Waals surface area contributed by atoms with Gasteiger partial charge < -0.3 is 4.74 Å². The quantitative estimate of drug-likeness (QED) is 0.652. The van der Waals surface area contributed by atoms with Gasteiger partial charge in [-0.3, -0.25) is 15.5 Å². The third-order valence-corrected chi connectivity index (χ3v) is 2.88. The number of non-ortho nitro benzene ring substituents is 1. The summed E-state index contributed by atoms with van der Waals surface area (Å²) in [7, 11) is 0. The van der Waals surface area contributed by atoms with Crippen molar-refractivity contribution in [1.82, 2.24) is 5.43 Å². The molecule has 114 valence electrons. The van der Waals surface area contributed by atoms with E-state index in [0.717, 1.165) is 11.1 Å². The van der Waals surface area contributed by atoms with E-state index >= 15 is 0 Å². The van der Waals surface area contributed by atoms with Crippen LogP contribution in [-0.2, 0) is 4.74 Å². The summed E-state index contributed by atoms with van der Waals surface area (Å²) in [4.78, 5) is 21.3. The highest BCUT2D eigenvalue weighted by atomic mass is 16.6. The van der Waals surface area contributed by atoms with Gasteiger partial charge in [0.15, 0.2) is 0 Å². The lowest BCUT2D eigenvalue weighted by Crippen LogP contribution is -2.29. The first-order valence-corrected chi connectivity index (χ1v) is 6.64. The van der Waals surface area contributed by atoms with Crippen LogP contribution in [0.3, 0.4) is 0 Å². The van der Waals surface area contributed by atoms with Crippen LogP contribution in [0.4, 0.5) is 16.2 Å². The van der Waals surface area contributed by atoms with E-state index in [0.29, 0.717) is 12.3 Å². The summed E-state index contributed by atoms with van der Waals surface area (Å²) in [6.07, 6.45) is -0.554. The fraction of sp³-hybridized carbons (Fsp3) is 0.133. The number of nitro benzene ring substituents is 1. The van der Waals surface area contributed by atoms with E-state index in [-0.39, 0.29) is 5.69 Å². The fourth-order valence-corrected chi connectivity index (χ4v) is 1.81. The van der Waals surface area contributed by atoms with Crippen molar-refractivity contribution in [2.24, 2.45) is 0 Å². The molecule has 0 bridgehead atoms. The second kappa shape index (κ2) is 7.07. The first kappa shape index (κ1) is 15.3. The Hall–Kier alpha value is -3.09. The van der Waals surface area contributed by atoms with E-state index in [1.54, 1.807) is 31.2 Å². The number of anilines is 1. The number of benzene rings is 2. The molecule has 2 rings (SSSR count). The molecule has 22 heavy (non-hydrogen) atoms. The molecule has 0 radical (unpaired) electrons. The number of rotatable bonds is 5. The molecule has 0 spiro atoms. The van der Waals surface area contributed by atoms with Crippen molar-refractivity contribution in [3.05, 3.63) is 58.6 Å². The van der Waals surface area contributed by atoms with Crippen LogP contribution in [0.1, 0.15) is 6.92 Å². The summed E-state index contributed by atoms with van der Waals surface area (Å²) >= 11 is 0. The summed E-state index contributed by atoms with van der Waals surface area (Å²) in [6.45, 7) is 2.02. The smallest absolute Gasteiger partial charge is 0.425 e. The molecule has 0 fully saturated rings. The highest BCUT2D eigenvalue weighted by Crippen LogP contribution is 2.23. The lowest BCUT2D eigenvalue weighted by molar-refractivity contribution is -0.384. The number of hydrogen-bond acceptors (Lipinski definition) is 5. The van der Waals surface area contributed by atoms with Crippen LogP contribution >= 0.6 is 0 Å². The topological polar surface area (TPSA) is 93.5 Å². The number of hydrogen-bond donors (Lipinski definition) is 2. The van der Waals surface area contributed by atoms with Crippen molar-refractivity contribution in [1.29, 1.82) is 0 Å². The summed E-state index contributed by atoms with van der Waals surface area (Å²) in [5.41, 5.74) is 7.64. The van der Waals surface area contributed by atoms with E-state index in [4.69, 9.17) is 4.74 Å². The molecular weight excluding hydrogens is 286 g/mol. The zero-order valence-electron chi connectivity index (χ0n) is 11.9. The van der Waals surface area contributed by atoms with Gasteiger partial charge >= 0.3 is 6.09 Å². The van der Waals surface area contributed by atoms with E-state index in [2.05, 4.69) is 10.9 Å². The Labute approximate surface area is 127 Å². The average molecular weight is 301 g/mol. The van der Waals surface area contributed by atoms with Crippen LogP contribution in [0, 0.1) is 10.1 Å². The van der Waals surface area contributed by atoms with E-state index < -0.39 is 11.0 Å². The fourth-order valence-electron chi connectivity index (χ4n) is 1.81. The van der Waals surface area contributed by atoms with E-state index in [1.165, 1.54) is 12.1 Å². The van der Waals surface area contributed by atoms with E-state index in [9.17, 15) is 14.9 Å². The van der Waals surface area contributed by atoms with Gasteiger partial charge in [0.1, 0.15) is 0 Å². The molecule has 0 atom stereocenters. The summed E-state index contributed by atoms with van der Waals surface area (Å²) in [5.74, 6) is 0. The van der Waals surface area contributed by atoms with Crippen molar-refractivity contribution in [3.8, 4) is 11.1 Å². The second-order valence-electron chi connectivity index (χ2n) is 4.35. The maximum absolute atomic E-state index is 11.1. The lowest BCUT2D eigenvalue weighted by atomic mass is 10.1. The van der Waals surface area contributed by atoms with Crippen LogP contribution in [0.15, 0.2) is 48.5 Å². The summed E-state index contributed by atoms with van der Waals surface area (Å²) in [5, 5.41) is 10.6. The molecule has 2 aromatic rings. The van der Waals surface area contributed by atoms with Crippen LogP contribution in [0.25, 0.3) is 11.1 Å². The molecule has 7 heteroatoms. The van der Waals surface area contributed by atoms with Crippen LogP contribution in [0.2, 0.25) is 0 Å². The number of nitrogens with one attached hydrogen (secondary N) is 2. The molecule has 2 N–H and O–H groups in total. The van der Waals surface area contributed by atoms with Gasteiger partial charge in [0.25, 0.3) is 5.69 Å². The highest BCUT2D eigenvalue weighted by molar-refractivity contribution is 5.70. The van der Waals surface area contributed by atoms with Gasteiger partial charge in [-0.05, 0) is 42.3 Å². The Kier molecular flexibility index (Phi) is 4.92. The number of carbonyl (C=O) groups is 1. The maximum Gasteiger partial charge on any atom is 0.425 e. The van der Waals surface area contributed by atoms with Crippen molar-refractivity contribution in [3.63, 3.8) is 0 Å². The Morgan fingerprint density at radius 2 is 1.64 bits per heavy atom. The Morgan fingerprint density at radius 1 is 1.09 bits per heavy atom. The molecule has 0 aliphatic rings. The van der Waals surface area contributed by atoms with Crippen molar-refractivity contribution >= 4 is 17.5 Å². The number of hydrazine groups is 1. The Balaban J connectivity index is 2.02. The number of amides is 1. The standard InChI is InChI=1S/C15H15N3O4/c1-2-22-15(19)17-16-13-7-3-11(4-8-13)12-5-9-14(10-6-12)18(20)21/h3-10,16H,2H2,1H3,(H,17,19). The minimum Gasteiger partial charge on any atom is -0.449 e. The maximum atomic E-state index is 11.1. The number of nitro groups is 1. The SMILES string of the molecule is CCOC(=O)NNc1ccc(-c2ccc([N+](=O)[O-])cc2)cc1. The predicted octanol–water partition coefficient (Wildman–Crippen LogP) is 3.33. The van der Waals surface area contributed by atoms with Gasteiger partial charge in [-0.15, -0.1) is 0 Å². The minimum absolute atomic E-state index is 0.0562. The normalized spacial score (nSPS) is 9.86. The molecule has 1 amide bonds. The first-order valence-electron chi connectivity index (χ1n) is 6.64. The van der Waals surface area contributed by atoms with Crippen LogP contribution in [0.5, 0.6) is 0 Å². The summed E-state index contributed by atoms with van der Waals surface area (Å²) < 4.78 is 4.72. The average Bonchev–Trinajstić information content (AvgIpc) is 2.54. The molecule has 0 saturated carbocycles. The molecule has 7 nitrogen and oxygen atoms in total. The van der Waals surface area contributed by atoms with Crippen molar-refractivity contribution in [2.45, 2.75) is 6.92 Å². The zero-order valence-corrected chi connectivity index (χ0v) is 11.9.